The van der Waals surface area contributed by atoms with Gasteiger partial charge in [-0.25, -0.2) is 13.1 Å². The second kappa shape index (κ2) is 6.93. The van der Waals surface area contributed by atoms with E-state index >= 15 is 0 Å². The van der Waals surface area contributed by atoms with Crippen LogP contribution >= 0.6 is 0 Å². The molecule has 2 aromatic rings. The van der Waals surface area contributed by atoms with Crippen LogP contribution < -0.4 is 10.0 Å². The smallest absolute Gasteiger partial charge is 0.251 e. The van der Waals surface area contributed by atoms with Gasteiger partial charge in [-0.05, 0) is 49.7 Å². The van der Waals surface area contributed by atoms with Crippen molar-refractivity contribution in [1.29, 1.82) is 0 Å². The number of sulfonamides is 1. The molecule has 2 aromatic carbocycles. The zero-order valence-corrected chi connectivity index (χ0v) is 14.2. The molecule has 0 saturated carbocycles. The van der Waals surface area contributed by atoms with Gasteiger partial charge in [0, 0.05) is 12.1 Å². The highest BCUT2D eigenvalue weighted by molar-refractivity contribution is 7.89. The van der Waals surface area contributed by atoms with Crippen molar-refractivity contribution in [2.45, 2.75) is 25.3 Å². The summed E-state index contributed by atoms with van der Waals surface area (Å²) in [4.78, 5) is 12.5. The van der Waals surface area contributed by atoms with Crippen molar-refractivity contribution in [3.8, 4) is 0 Å². The van der Waals surface area contributed by atoms with E-state index in [2.05, 4.69) is 10.0 Å². The number of nitrogens with one attached hydrogen (secondary N) is 2. The molecule has 0 atom stereocenters. The number of amides is 1. The Morgan fingerprint density at radius 1 is 1.04 bits per heavy atom. The molecular formula is C17H20N2O3S. The van der Waals surface area contributed by atoms with Gasteiger partial charge >= 0.3 is 0 Å². The van der Waals surface area contributed by atoms with Crippen LogP contribution in [0.25, 0.3) is 0 Å². The Morgan fingerprint density at radius 3 is 2.39 bits per heavy atom. The molecule has 0 aliphatic rings. The summed E-state index contributed by atoms with van der Waals surface area (Å²) in [5.41, 5.74) is 3.20. The first-order valence-corrected chi connectivity index (χ1v) is 8.70. The number of benzene rings is 2. The van der Waals surface area contributed by atoms with Crippen molar-refractivity contribution >= 4 is 15.9 Å². The maximum atomic E-state index is 12.4. The van der Waals surface area contributed by atoms with E-state index in [-0.39, 0.29) is 10.8 Å². The van der Waals surface area contributed by atoms with Crippen molar-refractivity contribution < 1.29 is 13.2 Å². The van der Waals surface area contributed by atoms with Crippen LogP contribution in [0.2, 0.25) is 0 Å². The average Bonchev–Trinajstić information content (AvgIpc) is 2.54. The first-order valence-electron chi connectivity index (χ1n) is 7.22. The second-order valence-corrected chi connectivity index (χ2v) is 7.18. The lowest BCUT2D eigenvalue weighted by Gasteiger charge is -2.11. The van der Waals surface area contributed by atoms with Crippen LogP contribution in [0, 0.1) is 13.8 Å². The molecule has 0 aromatic heterocycles. The maximum absolute atomic E-state index is 12.4. The average molecular weight is 332 g/mol. The van der Waals surface area contributed by atoms with Crippen LogP contribution in [0.5, 0.6) is 0 Å². The quantitative estimate of drug-likeness (QED) is 0.881. The molecule has 122 valence electrons. The number of hydrogen-bond donors (Lipinski definition) is 2. The third-order valence-electron chi connectivity index (χ3n) is 3.73. The molecule has 0 fully saturated rings. The topological polar surface area (TPSA) is 75.3 Å². The van der Waals surface area contributed by atoms with Gasteiger partial charge < -0.3 is 5.32 Å². The standard InChI is InChI=1S/C17H20N2O3S/c1-12-6-4-5-7-14(12)11-19-17(20)16-10-15(9-8-13(16)2)23(21,22)18-3/h4-10,18H,11H2,1-3H3,(H,19,20). The van der Waals surface area contributed by atoms with Crippen LogP contribution in [-0.2, 0) is 16.6 Å². The fourth-order valence-corrected chi connectivity index (χ4v) is 2.97. The van der Waals surface area contributed by atoms with Gasteiger partial charge in [-0.3, -0.25) is 4.79 Å². The SMILES string of the molecule is CNS(=O)(=O)c1ccc(C)c(C(=O)NCc2ccccc2C)c1. The Labute approximate surface area is 136 Å². The number of hydrogen-bond acceptors (Lipinski definition) is 3. The second-order valence-electron chi connectivity index (χ2n) is 5.29. The molecule has 1 amide bonds. The van der Waals surface area contributed by atoms with Gasteiger partial charge in [0.15, 0.2) is 0 Å². The predicted octanol–water partition coefficient (Wildman–Crippen LogP) is 2.14. The lowest BCUT2D eigenvalue weighted by molar-refractivity contribution is 0.0950. The van der Waals surface area contributed by atoms with E-state index in [1.165, 1.54) is 19.2 Å². The number of carbonyl (C=O) groups excluding carboxylic acids is 1. The van der Waals surface area contributed by atoms with Crippen LogP contribution in [0.4, 0.5) is 0 Å². The molecule has 0 heterocycles. The van der Waals surface area contributed by atoms with Gasteiger partial charge in [-0.15, -0.1) is 0 Å². The van der Waals surface area contributed by atoms with Crippen LogP contribution in [-0.4, -0.2) is 21.4 Å². The van der Waals surface area contributed by atoms with Gasteiger partial charge in [0.05, 0.1) is 4.90 Å². The lowest BCUT2D eigenvalue weighted by Crippen LogP contribution is -2.25. The van der Waals surface area contributed by atoms with E-state index < -0.39 is 10.0 Å². The summed E-state index contributed by atoms with van der Waals surface area (Å²) in [6, 6.07) is 12.3. The Bertz CT molecular complexity index is 829. The molecular weight excluding hydrogens is 312 g/mol. The largest absolute Gasteiger partial charge is 0.348 e. The van der Waals surface area contributed by atoms with E-state index in [0.717, 1.165) is 16.7 Å². The summed E-state index contributed by atoms with van der Waals surface area (Å²) in [7, 11) is -2.23. The van der Waals surface area contributed by atoms with Crippen LogP contribution in [0.15, 0.2) is 47.4 Å². The summed E-state index contributed by atoms with van der Waals surface area (Å²) in [5.74, 6) is -0.293. The van der Waals surface area contributed by atoms with Crippen molar-refractivity contribution in [3.63, 3.8) is 0 Å². The zero-order valence-electron chi connectivity index (χ0n) is 13.4. The molecule has 0 bridgehead atoms. The lowest BCUT2D eigenvalue weighted by atomic mass is 10.1. The fraction of sp³-hybridized carbons (Fsp3) is 0.235. The Balaban J connectivity index is 2.22. The van der Waals surface area contributed by atoms with Gasteiger partial charge in [0.1, 0.15) is 0 Å². The molecule has 5 nitrogen and oxygen atoms in total. The number of rotatable bonds is 5. The van der Waals surface area contributed by atoms with Crippen LogP contribution in [0.3, 0.4) is 0 Å². The molecule has 0 unspecified atom stereocenters. The minimum absolute atomic E-state index is 0.0756. The Morgan fingerprint density at radius 2 is 1.74 bits per heavy atom. The van der Waals surface area contributed by atoms with Crippen LogP contribution in [0.1, 0.15) is 27.0 Å². The third-order valence-corrected chi connectivity index (χ3v) is 5.15. The highest BCUT2D eigenvalue weighted by Gasteiger charge is 2.16. The van der Waals surface area contributed by atoms with Crippen molar-refractivity contribution in [3.05, 3.63) is 64.7 Å². The molecule has 6 heteroatoms. The third kappa shape index (κ3) is 3.97. The highest BCUT2D eigenvalue weighted by atomic mass is 32.2. The first kappa shape index (κ1) is 17.2. The first-order chi connectivity index (χ1) is 10.8. The van der Waals surface area contributed by atoms with E-state index in [1.54, 1.807) is 13.0 Å². The minimum atomic E-state index is -3.57. The minimum Gasteiger partial charge on any atom is -0.348 e. The van der Waals surface area contributed by atoms with Crippen molar-refractivity contribution in [2.24, 2.45) is 0 Å². The number of aryl methyl sites for hydroxylation is 2. The van der Waals surface area contributed by atoms with E-state index in [0.29, 0.717) is 12.1 Å². The normalized spacial score (nSPS) is 11.3. The molecule has 0 aliphatic carbocycles. The maximum Gasteiger partial charge on any atom is 0.251 e. The summed E-state index contributed by atoms with van der Waals surface area (Å²) >= 11 is 0. The van der Waals surface area contributed by atoms with Gasteiger partial charge in [0.25, 0.3) is 5.91 Å². The van der Waals surface area contributed by atoms with Crippen molar-refractivity contribution in [2.75, 3.05) is 7.05 Å². The highest BCUT2D eigenvalue weighted by Crippen LogP contribution is 2.16. The molecule has 2 N–H and O–H groups in total. The fourth-order valence-electron chi connectivity index (χ4n) is 2.21. The van der Waals surface area contributed by atoms with Gasteiger partial charge in [-0.1, -0.05) is 30.3 Å². The van der Waals surface area contributed by atoms with Gasteiger partial charge in [-0.2, -0.15) is 0 Å². The van der Waals surface area contributed by atoms with E-state index in [4.69, 9.17) is 0 Å². The molecule has 23 heavy (non-hydrogen) atoms. The van der Waals surface area contributed by atoms with E-state index in [9.17, 15) is 13.2 Å². The van der Waals surface area contributed by atoms with Crippen molar-refractivity contribution in [1.82, 2.24) is 10.0 Å². The molecule has 0 radical (unpaired) electrons. The van der Waals surface area contributed by atoms with E-state index in [1.807, 2.05) is 31.2 Å². The zero-order chi connectivity index (χ0) is 17.0. The predicted molar refractivity (Wildman–Crippen MR) is 89.8 cm³/mol. The Hall–Kier alpha value is -2.18. The molecule has 0 saturated heterocycles. The number of carbonyl (C=O) groups is 1. The molecule has 0 aliphatic heterocycles. The summed E-state index contributed by atoms with van der Waals surface area (Å²) in [5, 5.41) is 2.84. The summed E-state index contributed by atoms with van der Waals surface area (Å²) in [6.45, 7) is 4.15. The monoisotopic (exact) mass is 332 g/mol. The molecule has 0 spiro atoms. The van der Waals surface area contributed by atoms with Gasteiger partial charge in [0.2, 0.25) is 10.0 Å². The summed E-state index contributed by atoms with van der Waals surface area (Å²) < 4.78 is 26.0. The molecule has 2 rings (SSSR count). The summed E-state index contributed by atoms with van der Waals surface area (Å²) in [6.07, 6.45) is 0. The Kier molecular flexibility index (Phi) is 5.18.